The predicted molar refractivity (Wildman–Crippen MR) is 128 cm³/mol. The van der Waals surface area contributed by atoms with E-state index in [2.05, 4.69) is 31.4 Å². The molecule has 2 aromatic rings. The van der Waals surface area contributed by atoms with Crippen molar-refractivity contribution < 1.29 is 33.3 Å². The fourth-order valence-electron chi connectivity index (χ4n) is 5.60. The number of rotatable bonds is 6. The average molecular weight is 571 g/mol. The summed E-state index contributed by atoms with van der Waals surface area (Å²) in [7, 11) is 1.50. The molecule has 1 aliphatic carbocycles. The Morgan fingerprint density at radius 3 is 2.69 bits per heavy atom. The van der Waals surface area contributed by atoms with Crippen molar-refractivity contribution >= 4 is 21.6 Å². The Morgan fingerprint density at radius 1 is 1.19 bits per heavy atom. The van der Waals surface area contributed by atoms with Gasteiger partial charge in [-0.1, -0.05) is 16.8 Å². The maximum Gasteiger partial charge on any atom is 0.173 e. The summed E-state index contributed by atoms with van der Waals surface area (Å²) in [4.78, 5) is 5.87. The Labute approximate surface area is 215 Å². The van der Waals surface area contributed by atoms with Crippen LogP contribution in [0.1, 0.15) is 51.0 Å². The van der Waals surface area contributed by atoms with E-state index in [4.69, 9.17) is 14.3 Å². The van der Waals surface area contributed by atoms with E-state index in [1.165, 1.54) is 36.5 Å². The van der Waals surface area contributed by atoms with Crippen LogP contribution in [0, 0.1) is 11.6 Å². The molecule has 1 spiro atoms. The van der Waals surface area contributed by atoms with Gasteiger partial charge < -0.3 is 24.5 Å². The maximum atomic E-state index is 14.5. The lowest BCUT2D eigenvalue weighted by atomic mass is 9.80. The van der Waals surface area contributed by atoms with Crippen LogP contribution in [0.25, 0.3) is 11.3 Å². The number of aliphatic hydroxyl groups excluding tert-OH is 2. The SMILES string of the molecule is CO[C@@H]1[C@@H](n2cc(-c3ccc(Br)c(F)c3F)nn2)[C@@H](O)[C@@H](CO)O[C@@H]1CC1=NOC2(CCCCC2)C1. The lowest BCUT2D eigenvalue weighted by Gasteiger charge is -2.43. The molecule has 2 fully saturated rings. The Kier molecular flexibility index (Phi) is 7.42. The molecule has 9 nitrogen and oxygen atoms in total. The van der Waals surface area contributed by atoms with Crippen LogP contribution in [0.3, 0.4) is 0 Å². The number of hydrogen-bond donors (Lipinski definition) is 2. The summed E-state index contributed by atoms with van der Waals surface area (Å²) in [6, 6.07) is 1.97. The first-order valence-corrected chi connectivity index (χ1v) is 12.9. The number of nitrogens with zero attached hydrogens (tertiary/aromatic N) is 4. The summed E-state index contributed by atoms with van der Waals surface area (Å²) in [5.41, 5.74) is 0.632. The molecular formula is C24H29BrF2N4O5. The molecule has 36 heavy (non-hydrogen) atoms. The van der Waals surface area contributed by atoms with Gasteiger partial charge in [-0.2, -0.15) is 0 Å². The molecular weight excluding hydrogens is 542 g/mol. The first-order valence-electron chi connectivity index (χ1n) is 12.1. The van der Waals surface area contributed by atoms with E-state index in [-0.39, 0.29) is 21.3 Å². The summed E-state index contributed by atoms with van der Waals surface area (Å²) < 4.78 is 41.8. The van der Waals surface area contributed by atoms with Crippen LogP contribution in [0.2, 0.25) is 0 Å². The summed E-state index contributed by atoms with van der Waals surface area (Å²) >= 11 is 2.96. The van der Waals surface area contributed by atoms with Gasteiger partial charge in [-0.3, -0.25) is 0 Å². The molecule has 12 heteroatoms. The van der Waals surface area contributed by atoms with E-state index in [0.29, 0.717) is 12.8 Å². The molecule has 0 bridgehead atoms. The highest BCUT2D eigenvalue weighted by molar-refractivity contribution is 9.10. The number of benzene rings is 1. The van der Waals surface area contributed by atoms with Crippen molar-refractivity contribution in [2.45, 2.75) is 81.0 Å². The standard InChI is InChI=1S/C24H29BrF2N4O5/c1-34-23-17(9-13-10-24(36-29-13)7-3-2-4-8-24)35-18(12-32)22(33)21(23)31-11-16(28-30-31)14-5-6-15(25)20(27)19(14)26/h5-6,11,17-18,21-23,32-33H,2-4,7-10,12H2,1H3/t17-,18-,21+,22+,23+/m1/s1. The van der Waals surface area contributed by atoms with Crippen molar-refractivity contribution in [1.82, 2.24) is 15.0 Å². The second-order valence-corrected chi connectivity index (χ2v) is 10.6. The molecule has 2 N–H and O–H groups in total. The van der Waals surface area contributed by atoms with Crippen LogP contribution in [0.15, 0.2) is 28.0 Å². The van der Waals surface area contributed by atoms with Crippen LogP contribution in [-0.4, -0.2) is 74.7 Å². The third-order valence-electron chi connectivity index (χ3n) is 7.46. The molecule has 3 aliphatic rings. The zero-order valence-electron chi connectivity index (χ0n) is 19.8. The normalized spacial score (nSPS) is 29.8. The van der Waals surface area contributed by atoms with Gasteiger partial charge in [-0.25, -0.2) is 13.5 Å². The van der Waals surface area contributed by atoms with Gasteiger partial charge in [0.1, 0.15) is 35.6 Å². The lowest BCUT2D eigenvalue weighted by Crippen LogP contribution is -2.57. The molecule has 1 saturated heterocycles. The van der Waals surface area contributed by atoms with E-state index >= 15 is 0 Å². The summed E-state index contributed by atoms with van der Waals surface area (Å²) in [5, 5.41) is 33.4. The average Bonchev–Trinajstić information content (AvgIpc) is 3.51. The molecule has 0 radical (unpaired) electrons. The van der Waals surface area contributed by atoms with Crippen molar-refractivity contribution in [3.8, 4) is 11.3 Å². The molecule has 3 heterocycles. The molecule has 1 aromatic heterocycles. The lowest BCUT2D eigenvalue weighted by molar-refractivity contribution is -0.210. The van der Waals surface area contributed by atoms with Crippen molar-refractivity contribution in [3.63, 3.8) is 0 Å². The minimum atomic E-state index is -1.19. The van der Waals surface area contributed by atoms with Gasteiger partial charge in [0, 0.05) is 25.5 Å². The van der Waals surface area contributed by atoms with Gasteiger partial charge in [-0.05, 0) is 53.7 Å². The Hall–Kier alpha value is -1.99. The van der Waals surface area contributed by atoms with E-state index in [1.54, 1.807) is 0 Å². The number of ether oxygens (including phenoxy) is 2. The third-order valence-corrected chi connectivity index (χ3v) is 8.07. The van der Waals surface area contributed by atoms with Gasteiger partial charge in [0.2, 0.25) is 0 Å². The highest BCUT2D eigenvalue weighted by Crippen LogP contribution is 2.41. The summed E-state index contributed by atoms with van der Waals surface area (Å²) in [6.07, 6.45) is 4.55. The van der Waals surface area contributed by atoms with Crippen LogP contribution in [0.5, 0.6) is 0 Å². The highest BCUT2D eigenvalue weighted by atomic mass is 79.9. The molecule has 0 amide bonds. The third kappa shape index (κ3) is 4.69. The highest BCUT2D eigenvalue weighted by Gasteiger charge is 2.49. The summed E-state index contributed by atoms with van der Waals surface area (Å²) in [6.45, 7) is -0.425. The Balaban J connectivity index is 1.40. The zero-order chi connectivity index (χ0) is 25.4. The molecule has 5 rings (SSSR count). The smallest absolute Gasteiger partial charge is 0.173 e. The van der Waals surface area contributed by atoms with Crippen LogP contribution >= 0.6 is 15.9 Å². The van der Waals surface area contributed by atoms with Gasteiger partial charge in [0.05, 0.1) is 29.1 Å². The second kappa shape index (κ2) is 10.4. The van der Waals surface area contributed by atoms with E-state index < -0.39 is 48.7 Å². The molecule has 1 saturated carbocycles. The van der Waals surface area contributed by atoms with Crippen LogP contribution < -0.4 is 0 Å². The summed E-state index contributed by atoms with van der Waals surface area (Å²) in [5.74, 6) is -2.09. The maximum absolute atomic E-state index is 14.5. The van der Waals surface area contributed by atoms with E-state index in [0.717, 1.165) is 31.4 Å². The molecule has 5 atom stereocenters. The number of oxime groups is 1. The molecule has 196 valence electrons. The Morgan fingerprint density at radius 2 is 1.97 bits per heavy atom. The van der Waals surface area contributed by atoms with Crippen LogP contribution in [-0.2, 0) is 14.3 Å². The Bertz CT molecular complexity index is 1130. The number of aromatic nitrogens is 3. The number of methoxy groups -OCH3 is 1. The molecule has 0 unspecified atom stereocenters. The largest absolute Gasteiger partial charge is 0.394 e. The van der Waals surface area contributed by atoms with E-state index in [9.17, 15) is 19.0 Å². The predicted octanol–water partition coefficient (Wildman–Crippen LogP) is 3.53. The fraction of sp³-hybridized carbons (Fsp3) is 0.625. The van der Waals surface area contributed by atoms with Gasteiger partial charge >= 0.3 is 0 Å². The van der Waals surface area contributed by atoms with Crippen molar-refractivity contribution in [2.24, 2.45) is 5.16 Å². The van der Waals surface area contributed by atoms with Gasteiger partial charge in [0.25, 0.3) is 0 Å². The first-order chi connectivity index (χ1) is 17.4. The number of aliphatic hydroxyl groups is 2. The fourth-order valence-corrected chi connectivity index (χ4v) is 5.91. The van der Waals surface area contributed by atoms with Crippen molar-refractivity contribution in [1.29, 1.82) is 0 Å². The quantitative estimate of drug-likeness (QED) is 0.511. The number of halogens is 3. The molecule has 2 aliphatic heterocycles. The topological polar surface area (TPSA) is 111 Å². The van der Waals surface area contributed by atoms with Gasteiger partial charge in [-0.15, -0.1) is 5.10 Å². The second-order valence-electron chi connectivity index (χ2n) is 9.76. The van der Waals surface area contributed by atoms with Crippen LogP contribution in [0.4, 0.5) is 8.78 Å². The monoisotopic (exact) mass is 570 g/mol. The zero-order valence-corrected chi connectivity index (χ0v) is 21.4. The van der Waals surface area contributed by atoms with Gasteiger partial charge in [0.15, 0.2) is 11.6 Å². The first kappa shape index (κ1) is 25.7. The van der Waals surface area contributed by atoms with Crippen molar-refractivity contribution in [2.75, 3.05) is 13.7 Å². The van der Waals surface area contributed by atoms with Crippen molar-refractivity contribution in [3.05, 3.63) is 34.4 Å². The molecule has 1 aromatic carbocycles. The minimum absolute atomic E-state index is 0.00196. The number of hydrogen-bond acceptors (Lipinski definition) is 8. The minimum Gasteiger partial charge on any atom is -0.394 e. The van der Waals surface area contributed by atoms with E-state index in [1.807, 2.05) is 0 Å².